The number of benzene rings is 1. The van der Waals surface area contributed by atoms with Gasteiger partial charge >= 0.3 is 5.97 Å². The number of esters is 1. The van der Waals surface area contributed by atoms with Crippen molar-refractivity contribution in [1.82, 2.24) is 0 Å². The lowest BCUT2D eigenvalue weighted by Crippen LogP contribution is -2.32. The molecular formula is C27H37NO4S. The molecule has 0 radical (unpaired) electrons. The Morgan fingerprint density at radius 1 is 1.12 bits per heavy atom. The third-order valence-corrected chi connectivity index (χ3v) is 7.35. The van der Waals surface area contributed by atoms with Crippen LogP contribution in [0.2, 0.25) is 0 Å². The molecule has 2 aromatic rings. The summed E-state index contributed by atoms with van der Waals surface area (Å²) in [6.07, 6.45) is 8.71. The highest BCUT2D eigenvalue weighted by Gasteiger charge is 2.31. The molecule has 6 heteroatoms. The first-order valence-electron chi connectivity index (χ1n) is 12.4. The van der Waals surface area contributed by atoms with Crippen molar-refractivity contribution in [2.75, 3.05) is 11.5 Å². The normalized spacial score (nSPS) is 16.9. The van der Waals surface area contributed by atoms with Crippen LogP contribution >= 0.6 is 11.3 Å². The molecule has 1 aliphatic rings. The SMILES string of the molecule is CCCCC[C@@H](O)c1ccc(N2C(=O)CC[C@H]2CCCc2ccc(C(=O)OCCC)s2)cc1. The average Bonchev–Trinajstić information content (AvgIpc) is 3.44. The number of aryl methyl sites for hydroxylation is 1. The molecule has 1 aromatic heterocycles. The molecule has 1 fully saturated rings. The lowest BCUT2D eigenvalue weighted by molar-refractivity contribution is -0.117. The predicted molar refractivity (Wildman–Crippen MR) is 134 cm³/mol. The maximum Gasteiger partial charge on any atom is 0.348 e. The molecule has 0 saturated carbocycles. The van der Waals surface area contributed by atoms with E-state index in [9.17, 15) is 14.7 Å². The molecular weight excluding hydrogens is 434 g/mol. The average molecular weight is 472 g/mol. The van der Waals surface area contributed by atoms with E-state index in [1.54, 1.807) is 0 Å². The van der Waals surface area contributed by atoms with Gasteiger partial charge in [0.25, 0.3) is 0 Å². The molecule has 5 nitrogen and oxygen atoms in total. The molecule has 1 amide bonds. The third kappa shape index (κ3) is 7.15. The van der Waals surface area contributed by atoms with Crippen LogP contribution in [0.25, 0.3) is 0 Å². The Hall–Kier alpha value is -2.18. The van der Waals surface area contributed by atoms with Crippen molar-refractivity contribution < 1.29 is 19.4 Å². The molecule has 180 valence electrons. The Labute approximate surface area is 201 Å². The van der Waals surface area contributed by atoms with Gasteiger partial charge in [-0.3, -0.25) is 4.79 Å². The first-order chi connectivity index (χ1) is 16.0. The predicted octanol–water partition coefficient (Wildman–Crippen LogP) is 6.45. The molecule has 1 aromatic carbocycles. The van der Waals surface area contributed by atoms with Crippen molar-refractivity contribution in [3.8, 4) is 0 Å². The molecule has 1 saturated heterocycles. The second-order valence-corrected chi connectivity index (χ2v) is 10.0. The van der Waals surface area contributed by atoms with Gasteiger partial charge in [0.2, 0.25) is 5.91 Å². The van der Waals surface area contributed by atoms with E-state index in [1.165, 1.54) is 16.2 Å². The number of aliphatic hydroxyl groups is 1. The maximum atomic E-state index is 12.6. The maximum absolute atomic E-state index is 12.6. The van der Waals surface area contributed by atoms with E-state index >= 15 is 0 Å². The Morgan fingerprint density at radius 3 is 2.64 bits per heavy atom. The number of ether oxygens (including phenoxy) is 1. The first kappa shape index (κ1) is 25.4. The Bertz CT molecular complexity index is 892. The van der Waals surface area contributed by atoms with E-state index in [-0.39, 0.29) is 17.9 Å². The molecule has 2 heterocycles. The number of hydrogen-bond donors (Lipinski definition) is 1. The minimum absolute atomic E-state index is 0.174. The molecule has 33 heavy (non-hydrogen) atoms. The summed E-state index contributed by atoms with van der Waals surface area (Å²) in [5.41, 5.74) is 1.84. The number of hydrogen-bond acceptors (Lipinski definition) is 5. The number of thiophene rings is 1. The van der Waals surface area contributed by atoms with Crippen molar-refractivity contribution in [1.29, 1.82) is 0 Å². The van der Waals surface area contributed by atoms with Crippen molar-refractivity contribution in [2.45, 2.75) is 90.2 Å². The summed E-state index contributed by atoms with van der Waals surface area (Å²) in [6.45, 7) is 4.60. The second kappa shape index (κ2) is 12.9. The summed E-state index contributed by atoms with van der Waals surface area (Å²) in [5.74, 6) is -0.0621. The fourth-order valence-electron chi connectivity index (χ4n) is 4.38. The van der Waals surface area contributed by atoms with Gasteiger partial charge in [0.05, 0.1) is 12.7 Å². The monoisotopic (exact) mass is 471 g/mol. The Kier molecular flexibility index (Phi) is 9.95. The van der Waals surface area contributed by atoms with Crippen molar-refractivity contribution in [2.24, 2.45) is 0 Å². The molecule has 3 rings (SSSR count). The summed E-state index contributed by atoms with van der Waals surface area (Å²) in [5, 5.41) is 10.4. The zero-order chi connectivity index (χ0) is 23.6. The number of aliphatic hydroxyl groups excluding tert-OH is 1. The van der Waals surface area contributed by atoms with Crippen LogP contribution in [0.5, 0.6) is 0 Å². The van der Waals surface area contributed by atoms with Crippen LogP contribution in [0, 0.1) is 0 Å². The summed E-state index contributed by atoms with van der Waals surface area (Å²) in [4.78, 5) is 28.4. The standard InChI is InChI=1S/C27H37NO4S/c1-3-5-6-10-24(29)20-11-13-22(14-12-20)28-21(15-18-26(28)30)8-7-9-23-16-17-25(33-23)27(31)32-19-4-2/h11-14,16-17,21,24,29H,3-10,15,18-19H2,1-2H3/t21-,24-/m1/s1. The van der Waals surface area contributed by atoms with Gasteiger partial charge < -0.3 is 14.7 Å². The van der Waals surface area contributed by atoms with Crippen LogP contribution in [0.1, 0.15) is 97.9 Å². The number of nitrogens with zero attached hydrogens (tertiary/aromatic N) is 1. The molecule has 0 unspecified atom stereocenters. The van der Waals surface area contributed by atoms with Crippen molar-refractivity contribution in [3.63, 3.8) is 0 Å². The van der Waals surface area contributed by atoms with E-state index in [0.717, 1.165) is 69.0 Å². The van der Waals surface area contributed by atoms with Crippen LogP contribution in [-0.2, 0) is 16.0 Å². The number of carbonyl (C=O) groups is 2. The number of amides is 1. The highest BCUT2D eigenvalue weighted by atomic mass is 32.1. The Balaban J connectivity index is 1.53. The number of anilines is 1. The van der Waals surface area contributed by atoms with Crippen molar-refractivity contribution >= 4 is 28.9 Å². The number of carbonyl (C=O) groups excluding carboxylic acids is 2. The van der Waals surface area contributed by atoms with Crippen LogP contribution in [0.4, 0.5) is 5.69 Å². The summed E-state index contributed by atoms with van der Waals surface area (Å²) < 4.78 is 5.21. The fraction of sp³-hybridized carbons (Fsp3) is 0.556. The Morgan fingerprint density at radius 2 is 1.91 bits per heavy atom. The zero-order valence-corrected chi connectivity index (χ0v) is 20.7. The van der Waals surface area contributed by atoms with Crippen molar-refractivity contribution in [3.05, 3.63) is 51.7 Å². The summed E-state index contributed by atoms with van der Waals surface area (Å²) in [6, 6.07) is 11.9. The largest absolute Gasteiger partial charge is 0.462 e. The van der Waals surface area contributed by atoms with Gasteiger partial charge in [-0.25, -0.2) is 4.79 Å². The van der Waals surface area contributed by atoms with Gasteiger partial charge in [-0.05, 0) is 68.4 Å². The van der Waals surface area contributed by atoms with Gasteiger partial charge in [-0.2, -0.15) is 0 Å². The van der Waals surface area contributed by atoms with Crippen LogP contribution < -0.4 is 4.90 Å². The summed E-state index contributed by atoms with van der Waals surface area (Å²) in [7, 11) is 0. The molecule has 0 bridgehead atoms. The van der Waals surface area contributed by atoms with Gasteiger partial charge in [-0.15, -0.1) is 11.3 Å². The van der Waals surface area contributed by atoms with Gasteiger partial charge in [-0.1, -0.05) is 45.2 Å². The number of rotatable bonds is 13. The minimum atomic E-state index is -0.439. The number of unbranched alkanes of at least 4 members (excludes halogenated alkanes) is 2. The first-order valence-corrected chi connectivity index (χ1v) is 13.2. The van der Waals surface area contributed by atoms with E-state index in [0.29, 0.717) is 17.9 Å². The van der Waals surface area contributed by atoms with Gasteiger partial charge in [0.15, 0.2) is 0 Å². The third-order valence-electron chi connectivity index (χ3n) is 6.22. The van der Waals surface area contributed by atoms with Crippen LogP contribution in [0.15, 0.2) is 36.4 Å². The topological polar surface area (TPSA) is 66.8 Å². The van der Waals surface area contributed by atoms with Gasteiger partial charge in [0, 0.05) is 23.0 Å². The van der Waals surface area contributed by atoms with Crippen LogP contribution in [-0.4, -0.2) is 29.6 Å². The molecule has 0 spiro atoms. The quantitative estimate of drug-likeness (QED) is 0.269. The van der Waals surface area contributed by atoms with E-state index in [1.807, 2.05) is 48.2 Å². The van der Waals surface area contributed by atoms with E-state index in [2.05, 4.69) is 6.92 Å². The van der Waals surface area contributed by atoms with E-state index in [4.69, 9.17) is 4.74 Å². The molecule has 2 atom stereocenters. The summed E-state index contributed by atoms with van der Waals surface area (Å²) >= 11 is 1.50. The fourth-order valence-corrected chi connectivity index (χ4v) is 5.33. The highest BCUT2D eigenvalue weighted by Crippen LogP contribution is 2.31. The molecule has 1 N–H and O–H groups in total. The lowest BCUT2D eigenvalue weighted by Gasteiger charge is -2.25. The molecule has 0 aliphatic carbocycles. The molecule has 1 aliphatic heterocycles. The van der Waals surface area contributed by atoms with E-state index < -0.39 is 6.10 Å². The highest BCUT2D eigenvalue weighted by molar-refractivity contribution is 7.13. The zero-order valence-electron chi connectivity index (χ0n) is 19.9. The minimum Gasteiger partial charge on any atom is -0.462 e. The smallest absolute Gasteiger partial charge is 0.348 e. The van der Waals surface area contributed by atoms with Crippen LogP contribution in [0.3, 0.4) is 0 Å². The second-order valence-electron chi connectivity index (χ2n) is 8.85. The lowest BCUT2D eigenvalue weighted by atomic mass is 10.0. The van der Waals surface area contributed by atoms with Gasteiger partial charge in [0.1, 0.15) is 4.88 Å².